The second-order valence-corrected chi connectivity index (χ2v) is 6.36. The molecule has 138 valence electrons. The van der Waals surface area contributed by atoms with Crippen molar-refractivity contribution in [1.82, 2.24) is 0 Å². The zero-order valence-corrected chi connectivity index (χ0v) is 15.8. The Balaban J connectivity index is 0.000000228. The van der Waals surface area contributed by atoms with E-state index < -0.39 is 0 Å². The molecule has 1 aromatic carbocycles. The minimum atomic E-state index is -0.0650. The molecule has 1 aliphatic rings. The van der Waals surface area contributed by atoms with Crippen molar-refractivity contribution in [3.05, 3.63) is 69.4 Å². The van der Waals surface area contributed by atoms with E-state index >= 15 is 0 Å². The van der Waals surface area contributed by atoms with E-state index in [1.165, 1.54) is 12.1 Å². The molecule has 1 aromatic heterocycles. The monoisotopic (exact) mass is 373 g/mol. The lowest BCUT2D eigenvalue weighted by Gasteiger charge is -2.08. The number of benzene rings is 1. The highest BCUT2D eigenvalue weighted by Crippen LogP contribution is 2.22. The van der Waals surface area contributed by atoms with E-state index in [-0.39, 0.29) is 11.2 Å². The number of phenolic OH excluding ortho intramolecular Hbond substituents is 1. The fraction of sp³-hybridized carbons (Fsp3) is 0.286. The topological polar surface area (TPSA) is 62.5 Å². The maximum Gasteiger partial charge on any atom is 0.200 e. The maximum absolute atomic E-state index is 12.0. The number of allylic oxidation sites excluding steroid dienone is 6. The van der Waals surface area contributed by atoms with Crippen molar-refractivity contribution < 1.29 is 9.52 Å². The number of nitrogens with one attached hydrogen (secondary N) is 1. The molecule has 5 heteroatoms. The van der Waals surface area contributed by atoms with Crippen LogP contribution in [0.3, 0.4) is 0 Å². The Kier molecular flexibility index (Phi) is 7.54. The Morgan fingerprint density at radius 2 is 2.00 bits per heavy atom. The molecule has 2 aromatic rings. The van der Waals surface area contributed by atoms with Crippen molar-refractivity contribution >= 4 is 28.5 Å². The van der Waals surface area contributed by atoms with E-state index in [4.69, 9.17) is 16.0 Å². The second kappa shape index (κ2) is 9.88. The van der Waals surface area contributed by atoms with Crippen molar-refractivity contribution in [3.8, 4) is 5.75 Å². The Labute approximate surface area is 158 Å². The minimum Gasteiger partial charge on any atom is -0.508 e. The largest absolute Gasteiger partial charge is 0.508 e. The first-order valence-electron chi connectivity index (χ1n) is 8.70. The zero-order valence-electron chi connectivity index (χ0n) is 15.1. The summed E-state index contributed by atoms with van der Waals surface area (Å²) in [7, 11) is 0. The number of anilines is 1. The van der Waals surface area contributed by atoms with E-state index in [0.29, 0.717) is 22.4 Å². The molecule has 2 N–H and O–H groups in total. The number of halogens is 1. The van der Waals surface area contributed by atoms with Gasteiger partial charge in [0, 0.05) is 17.6 Å². The second-order valence-electron chi connectivity index (χ2n) is 5.93. The number of aromatic hydroxyl groups is 1. The van der Waals surface area contributed by atoms with Gasteiger partial charge in [-0.25, -0.2) is 0 Å². The van der Waals surface area contributed by atoms with Gasteiger partial charge < -0.3 is 14.8 Å². The van der Waals surface area contributed by atoms with Crippen LogP contribution >= 0.6 is 11.6 Å². The number of hydrogen-bond donors (Lipinski definition) is 2. The van der Waals surface area contributed by atoms with Crippen LogP contribution in [0.25, 0.3) is 11.0 Å². The van der Waals surface area contributed by atoms with E-state index in [2.05, 4.69) is 23.5 Å². The molecule has 1 heterocycles. The summed E-state index contributed by atoms with van der Waals surface area (Å²) in [5.74, 6) is 0.570. The van der Waals surface area contributed by atoms with Crippen molar-refractivity contribution in [2.75, 3.05) is 11.9 Å². The molecule has 0 bridgehead atoms. The van der Waals surface area contributed by atoms with Crippen LogP contribution in [0.2, 0.25) is 0 Å². The minimum absolute atomic E-state index is 0.0650. The number of hydrogen-bond acceptors (Lipinski definition) is 4. The molecule has 0 radical (unpaired) electrons. The van der Waals surface area contributed by atoms with Crippen LogP contribution in [0.1, 0.15) is 31.7 Å². The van der Waals surface area contributed by atoms with Gasteiger partial charge in [-0.2, -0.15) is 0 Å². The molecule has 26 heavy (non-hydrogen) atoms. The maximum atomic E-state index is 12.0. The quantitative estimate of drug-likeness (QED) is 0.683. The van der Waals surface area contributed by atoms with Gasteiger partial charge in [0.25, 0.3) is 0 Å². The zero-order chi connectivity index (χ0) is 18.9. The first-order chi connectivity index (χ1) is 12.5. The van der Waals surface area contributed by atoms with Gasteiger partial charge in [-0.3, -0.25) is 4.79 Å². The summed E-state index contributed by atoms with van der Waals surface area (Å²) in [5.41, 5.74) is 0.903. The normalized spacial score (nSPS) is 16.7. The molecule has 3 rings (SSSR count). The van der Waals surface area contributed by atoms with Gasteiger partial charge in [0.1, 0.15) is 11.3 Å². The van der Waals surface area contributed by atoms with Crippen molar-refractivity contribution in [2.24, 2.45) is 0 Å². The Hall–Kier alpha value is -2.46. The molecule has 0 fully saturated rings. The van der Waals surface area contributed by atoms with Crippen LogP contribution < -0.4 is 10.7 Å². The molecule has 4 nitrogen and oxygen atoms in total. The van der Waals surface area contributed by atoms with Crippen LogP contribution in [-0.4, -0.2) is 11.7 Å². The Morgan fingerprint density at radius 3 is 2.77 bits per heavy atom. The third kappa shape index (κ3) is 5.53. The van der Waals surface area contributed by atoms with Crippen LogP contribution in [0.5, 0.6) is 5.75 Å². The van der Waals surface area contributed by atoms with Gasteiger partial charge in [-0.05, 0) is 44.4 Å². The average molecular weight is 374 g/mol. The van der Waals surface area contributed by atoms with E-state index in [1.54, 1.807) is 13.0 Å². The predicted molar refractivity (Wildman–Crippen MR) is 109 cm³/mol. The van der Waals surface area contributed by atoms with Crippen LogP contribution in [0.4, 0.5) is 5.88 Å². The molecule has 1 aliphatic carbocycles. The number of phenols is 1. The highest BCUT2D eigenvalue weighted by molar-refractivity contribution is 6.31. The fourth-order valence-corrected chi connectivity index (χ4v) is 2.56. The molecular weight excluding hydrogens is 350 g/mol. The molecule has 0 saturated heterocycles. The smallest absolute Gasteiger partial charge is 0.200 e. The number of fused-ring (bicyclic) bond motifs is 1. The third-order valence-corrected chi connectivity index (χ3v) is 4.08. The van der Waals surface area contributed by atoms with Gasteiger partial charge in [-0.1, -0.05) is 42.8 Å². The van der Waals surface area contributed by atoms with E-state index in [0.717, 1.165) is 30.8 Å². The summed E-state index contributed by atoms with van der Waals surface area (Å²) in [6, 6.07) is 4.51. The third-order valence-electron chi connectivity index (χ3n) is 3.80. The summed E-state index contributed by atoms with van der Waals surface area (Å²) in [5, 5.41) is 13.8. The highest BCUT2D eigenvalue weighted by atomic mass is 35.5. The SMILES string of the molecule is CCCNc1oc2cc(O)ccc2c(=O)c1C.Cl/C1=C/C/C=C\CC=C1. The number of rotatable bonds is 3. The molecule has 0 spiro atoms. The van der Waals surface area contributed by atoms with E-state index in [9.17, 15) is 9.90 Å². The summed E-state index contributed by atoms with van der Waals surface area (Å²) in [6.07, 6.45) is 13.1. The summed E-state index contributed by atoms with van der Waals surface area (Å²) < 4.78 is 5.59. The van der Waals surface area contributed by atoms with Gasteiger partial charge in [0.2, 0.25) is 0 Å². The van der Waals surface area contributed by atoms with E-state index in [1.807, 2.05) is 19.1 Å². The van der Waals surface area contributed by atoms with Crippen molar-refractivity contribution in [3.63, 3.8) is 0 Å². The van der Waals surface area contributed by atoms with Gasteiger partial charge >= 0.3 is 0 Å². The molecule has 0 unspecified atom stereocenters. The average Bonchev–Trinajstić information content (AvgIpc) is 2.60. The standard InChI is InChI=1S/C13H15NO3.C8H9Cl/c1-3-6-14-13-8(2)12(16)10-5-4-9(15)7-11(10)17-13;9-8-6-4-2-1-3-5-7-8/h4-5,7,14-15H,3,6H2,1-2H3;1-2,5-7H,3-4H2/b;2-1-,7-5?,8-6+. The lowest BCUT2D eigenvalue weighted by molar-refractivity contribution is 0.474. The van der Waals surface area contributed by atoms with Gasteiger partial charge in [0.05, 0.1) is 10.9 Å². The highest BCUT2D eigenvalue weighted by Gasteiger charge is 2.10. The van der Waals surface area contributed by atoms with Gasteiger partial charge in [-0.15, -0.1) is 0 Å². The summed E-state index contributed by atoms with van der Waals surface area (Å²) >= 11 is 5.73. The molecule has 0 saturated carbocycles. The first kappa shape index (κ1) is 19.9. The Bertz CT molecular complexity index is 894. The first-order valence-corrected chi connectivity index (χ1v) is 9.08. The van der Waals surface area contributed by atoms with Crippen LogP contribution in [-0.2, 0) is 0 Å². The predicted octanol–water partition coefficient (Wildman–Crippen LogP) is 5.64. The molecule has 0 aliphatic heterocycles. The Morgan fingerprint density at radius 1 is 1.23 bits per heavy atom. The summed E-state index contributed by atoms with van der Waals surface area (Å²) in [4.78, 5) is 12.0. The molecule has 0 atom stereocenters. The molecular formula is C21H24ClNO3. The molecule has 0 amide bonds. The van der Waals surface area contributed by atoms with Crippen LogP contribution in [0.15, 0.2) is 62.8 Å². The van der Waals surface area contributed by atoms with Crippen LogP contribution in [0, 0.1) is 6.92 Å². The lowest BCUT2D eigenvalue weighted by Crippen LogP contribution is -2.11. The summed E-state index contributed by atoms with van der Waals surface area (Å²) in [6.45, 7) is 4.51. The lowest BCUT2D eigenvalue weighted by atomic mass is 10.1. The fourth-order valence-electron chi connectivity index (χ4n) is 2.38. The van der Waals surface area contributed by atoms with Gasteiger partial charge in [0.15, 0.2) is 11.3 Å². The van der Waals surface area contributed by atoms with Crippen molar-refractivity contribution in [1.29, 1.82) is 0 Å². The van der Waals surface area contributed by atoms with Crippen molar-refractivity contribution in [2.45, 2.75) is 33.1 Å².